The highest BCUT2D eigenvalue weighted by atomic mass is 35.5. The zero-order chi connectivity index (χ0) is 12.3. The van der Waals surface area contributed by atoms with Crippen LogP contribution in [-0.2, 0) is 10.8 Å². The van der Waals surface area contributed by atoms with E-state index in [1.807, 2.05) is 19.9 Å². The van der Waals surface area contributed by atoms with Gasteiger partial charge in [-0.25, -0.2) is 0 Å². The van der Waals surface area contributed by atoms with E-state index in [0.717, 1.165) is 11.3 Å². The van der Waals surface area contributed by atoms with Gasteiger partial charge in [0.15, 0.2) is 0 Å². The molecule has 5 heteroatoms. The molecule has 0 saturated heterocycles. The van der Waals surface area contributed by atoms with Gasteiger partial charge in [-0.3, -0.25) is 4.21 Å². The van der Waals surface area contributed by atoms with E-state index >= 15 is 0 Å². The van der Waals surface area contributed by atoms with Crippen molar-refractivity contribution >= 4 is 33.8 Å². The number of nitrogen functional groups attached to an aromatic ring is 1. The van der Waals surface area contributed by atoms with Crippen LogP contribution in [0.1, 0.15) is 12.5 Å². The summed E-state index contributed by atoms with van der Waals surface area (Å²) in [6, 6.07) is 3.78. The van der Waals surface area contributed by atoms with E-state index in [4.69, 9.17) is 17.3 Å². The second-order valence-corrected chi connectivity index (χ2v) is 5.86. The summed E-state index contributed by atoms with van der Waals surface area (Å²) in [7, 11) is -0.806. The van der Waals surface area contributed by atoms with Crippen molar-refractivity contribution in [2.24, 2.45) is 0 Å². The SMILES string of the molecule is Cc1cc(N)c(Cl)cc1NC(C)CS(C)=O. The number of hydrogen-bond acceptors (Lipinski definition) is 3. The summed E-state index contributed by atoms with van der Waals surface area (Å²) in [5.74, 6) is 0.613. The highest BCUT2D eigenvalue weighted by Gasteiger charge is 2.08. The van der Waals surface area contributed by atoms with E-state index in [1.54, 1.807) is 12.3 Å². The van der Waals surface area contributed by atoms with E-state index in [-0.39, 0.29) is 6.04 Å². The van der Waals surface area contributed by atoms with Crippen molar-refractivity contribution in [3.8, 4) is 0 Å². The molecule has 2 atom stereocenters. The molecule has 0 amide bonds. The number of nitrogens with two attached hydrogens (primary N) is 1. The minimum Gasteiger partial charge on any atom is -0.398 e. The molecule has 0 heterocycles. The lowest BCUT2D eigenvalue weighted by molar-refractivity contribution is 0.683. The van der Waals surface area contributed by atoms with Gasteiger partial charge in [0.25, 0.3) is 0 Å². The number of benzene rings is 1. The zero-order valence-corrected chi connectivity index (χ0v) is 11.3. The summed E-state index contributed by atoms with van der Waals surface area (Å²) >= 11 is 5.95. The van der Waals surface area contributed by atoms with Gasteiger partial charge in [0, 0.05) is 34.5 Å². The Morgan fingerprint density at radius 2 is 2.19 bits per heavy atom. The van der Waals surface area contributed by atoms with Crippen molar-refractivity contribution in [1.82, 2.24) is 0 Å². The molecule has 0 aliphatic heterocycles. The largest absolute Gasteiger partial charge is 0.398 e. The van der Waals surface area contributed by atoms with E-state index in [1.165, 1.54) is 0 Å². The normalized spacial score (nSPS) is 14.5. The van der Waals surface area contributed by atoms with Crippen molar-refractivity contribution in [2.45, 2.75) is 19.9 Å². The third-order valence-corrected chi connectivity index (χ3v) is 3.53. The molecule has 0 radical (unpaired) electrons. The quantitative estimate of drug-likeness (QED) is 0.818. The lowest BCUT2D eigenvalue weighted by Gasteiger charge is -2.16. The maximum absolute atomic E-state index is 11.1. The summed E-state index contributed by atoms with van der Waals surface area (Å²) in [5, 5.41) is 3.82. The molecule has 3 nitrogen and oxygen atoms in total. The Labute approximate surface area is 104 Å². The van der Waals surface area contributed by atoms with Crippen LogP contribution in [0.5, 0.6) is 0 Å². The summed E-state index contributed by atoms with van der Waals surface area (Å²) < 4.78 is 11.1. The zero-order valence-electron chi connectivity index (χ0n) is 9.71. The van der Waals surface area contributed by atoms with Gasteiger partial charge in [0.1, 0.15) is 0 Å². The molecule has 90 valence electrons. The molecule has 0 bridgehead atoms. The summed E-state index contributed by atoms with van der Waals surface area (Å²) in [4.78, 5) is 0. The fourth-order valence-corrected chi connectivity index (χ4v) is 2.47. The Bertz CT molecular complexity index is 409. The van der Waals surface area contributed by atoms with Crippen molar-refractivity contribution in [1.29, 1.82) is 0 Å². The highest BCUT2D eigenvalue weighted by Crippen LogP contribution is 2.27. The highest BCUT2D eigenvalue weighted by molar-refractivity contribution is 7.84. The topological polar surface area (TPSA) is 55.1 Å². The van der Waals surface area contributed by atoms with Crippen molar-refractivity contribution in [3.63, 3.8) is 0 Å². The van der Waals surface area contributed by atoms with Crippen LogP contribution in [0.4, 0.5) is 11.4 Å². The van der Waals surface area contributed by atoms with Gasteiger partial charge in [-0.1, -0.05) is 11.6 Å². The number of anilines is 2. The first-order valence-corrected chi connectivity index (χ1v) is 7.13. The first kappa shape index (κ1) is 13.3. The van der Waals surface area contributed by atoms with Crippen LogP contribution < -0.4 is 11.1 Å². The maximum atomic E-state index is 11.1. The minimum absolute atomic E-state index is 0.143. The standard InChI is InChI=1S/C11H17ClN2OS/c1-7-4-10(13)9(12)5-11(7)14-8(2)6-16(3)15/h4-5,8,14H,6,13H2,1-3H3. The molecule has 16 heavy (non-hydrogen) atoms. The molecular formula is C11H17ClN2OS. The van der Waals surface area contributed by atoms with Crippen molar-refractivity contribution in [3.05, 3.63) is 22.7 Å². The molecule has 1 aromatic rings. The van der Waals surface area contributed by atoms with Crippen LogP contribution in [0.15, 0.2) is 12.1 Å². The summed E-state index contributed by atoms with van der Waals surface area (Å²) in [6.07, 6.45) is 1.70. The van der Waals surface area contributed by atoms with Gasteiger partial charge in [-0.2, -0.15) is 0 Å². The van der Waals surface area contributed by atoms with Gasteiger partial charge in [-0.15, -0.1) is 0 Å². The molecule has 1 aromatic carbocycles. The van der Waals surface area contributed by atoms with E-state index in [2.05, 4.69) is 5.32 Å². The summed E-state index contributed by atoms with van der Waals surface area (Å²) in [5.41, 5.74) is 8.25. The Balaban J connectivity index is 2.81. The average Bonchev–Trinajstić information content (AvgIpc) is 2.12. The fraction of sp³-hybridized carbons (Fsp3) is 0.455. The van der Waals surface area contributed by atoms with Crippen molar-refractivity contribution in [2.75, 3.05) is 23.1 Å². The average molecular weight is 261 g/mol. The summed E-state index contributed by atoms with van der Waals surface area (Å²) in [6.45, 7) is 3.95. The van der Waals surface area contributed by atoms with Gasteiger partial charge < -0.3 is 11.1 Å². The second-order valence-electron chi connectivity index (χ2n) is 3.97. The molecule has 0 spiro atoms. The van der Waals surface area contributed by atoms with Crippen LogP contribution in [0, 0.1) is 6.92 Å². The molecule has 0 fully saturated rings. The van der Waals surface area contributed by atoms with Crippen LogP contribution in [-0.4, -0.2) is 22.3 Å². The lowest BCUT2D eigenvalue weighted by atomic mass is 10.1. The first-order chi connectivity index (χ1) is 7.40. The van der Waals surface area contributed by atoms with Gasteiger partial charge in [0.2, 0.25) is 0 Å². The van der Waals surface area contributed by atoms with E-state index in [0.29, 0.717) is 16.5 Å². The third-order valence-electron chi connectivity index (χ3n) is 2.23. The van der Waals surface area contributed by atoms with Gasteiger partial charge >= 0.3 is 0 Å². The number of nitrogens with one attached hydrogen (secondary N) is 1. The smallest absolute Gasteiger partial charge is 0.0656 e. The van der Waals surface area contributed by atoms with Gasteiger partial charge in [-0.05, 0) is 31.5 Å². The molecule has 0 aliphatic rings. The van der Waals surface area contributed by atoms with E-state index < -0.39 is 10.8 Å². The number of rotatable bonds is 4. The molecule has 0 saturated carbocycles. The van der Waals surface area contributed by atoms with Crippen molar-refractivity contribution < 1.29 is 4.21 Å². The van der Waals surface area contributed by atoms with E-state index in [9.17, 15) is 4.21 Å². The third kappa shape index (κ3) is 3.68. The van der Waals surface area contributed by atoms with Gasteiger partial charge in [0.05, 0.1) is 10.7 Å². The monoisotopic (exact) mass is 260 g/mol. The second kappa shape index (κ2) is 5.55. The molecule has 1 rings (SSSR count). The Kier molecular flexibility index (Phi) is 4.62. The Morgan fingerprint density at radius 3 is 2.75 bits per heavy atom. The molecule has 0 aromatic heterocycles. The Hall–Kier alpha value is -0.740. The lowest BCUT2D eigenvalue weighted by Crippen LogP contribution is -2.22. The van der Waals surface area contributed by atoms with Crippen LogP contribution >= 0.6 is 11.6 Å². The first-order valence-electron chi connectivity index (χ1n) is 5.02. The number of halogens is 1. The molecular weight excluding hydrogens is 244 g/mol. The molecule has 2 unspecified atom stereocenters. The van der Waals surface area contributed by atoms with Crippen LogP contribution in [0.2, 0.25) is 5.02 Å². The predicted octanol–water partition coefficient (Wildman–Crippen LogP) is 2.41. The molecule has 3 N–H and O–H groups in total. The predicted molar refractivity (Wildman–Crippen MR) is 72.6 cm³/mol. The Morgan fingerprint density at radius 1 is 1.56 bits per heavy atom. The molecule has 0 aliphatic carbocycles. The minimum atomic E-state index is -0.806. The fourth-order valence-electron chi connectivity index (χ4n) is 1.52. The number of hydrogen-bond donors (Lipinski definition) is 2. The van der Waals surface area contributed by atoms with Crippen LogP contribution in [0.25, 0.3) is 0 Å². The number of aryl methyl sites for hydroxylation is 1. The maximum Gasteiger partial charge on any atom is 0.0656 e. The van der Waals surface area contributed by atoms with Crippen LogP contribution in [0.3, 0.4) is 0 Å².